The van der Waals surface area contributed by atoms with Crippen LogP contribution in [0.3, 0.4) is 0 Å². The Labute approximate surface area is 164 Å². The van der Waals surface area contributed by atoms with Gasteiger partial charge in [0.2, 0.25) is 11.8 Å². The first-order valence-electron chi connectivity index (χ1n) is 9.08. The molecule has 0 unspecified atom stereocenters. The molecule has 0 fully saturated rings. The van der Waals surface area contributed by atoms with E-state index in [9.17, 15) is 26.3 Å². The molecule has 160 valence electrons. The summed E-state index contributed by atoms with van der Waals surface area (Å²) in [6, 6.07) is 7.12. The van der Waals surface area contributed by atoms with Gasteiger partial charge in [-0.3, -0.25) is 0 Å². The van der Waals surface area contributed by atoms with Crippen molar-refractivity contribution in [1.82, 2.24) is 9.97 Å². The number of unbranched alkanes of at least 4 members (excludes halogenated alkanes) is 3. The Morgan fingerprint density at radius 3 is 2.24 bits per heavy atom. The van der Waals surface area contributed by atoms with E-state index in [2.05, 4.69) is 26.9 Å². The second-order valence-electron chi connectivity index (χ2n) is 6.45. The van der Waals surface area contributed by atoms with Crippen molar-refractivity contribution < 1.29 is 31.1 Å². The predicted molar refractivity (Wildman–Crippen MR) is 96.2 cm³/mol. The molecule has 0 amide bonds. The molecule has 10 heteroatoms. The lowest BCUT2D eigenvalue weighted by Crippen LogP contribution is -2.22. The van der Waals surface area contributed by atoms with Crippen LogP contribution in [-0.2, 0) is 12.6 Å². The third-order valence-corrected chi connectivity index (χ3v) is 3.96. The van der Waals surface area contributed by atoms with Gasteiger partial charge in [-0.15, -0.1) is 0 Å². The van der Waals surface area contributed by atoms with Gasteiger partial charge in [-0.05, 0) is 30.5 Å². The summed E-state index contributed by atoms with van der Waals surface area (Å²) in [5, 5.41) is 2.67. The number of anilines is 2. The molecule has 0 saturated heterocycles. The molecule has 0 aliphatic carbocycles. The van der Waals surface area contributed by atoms with Crippen molar-refractivity contribution in [1.29, 1.82) is 0 Å². The number of halogens is 6. The molecular formula is C19H21F6N3O. The number of nitrogens with one attached hydrogen (secondary N) is 1. The number of ether oxygens (including phenoxy) is 1. The van der Waals surface area contributed by atoms with Crippen molar-refractivity contribution in [3.63, 3.8) is 0 Å². The van der Waals surface area contributed by atoms with Crippen LogP contribution < -0.4 is 10.1 Å². The zero-order valence-corrected chi connectivity index (χ0v) is 15.7. The van der Waals surface area contributed by atoms with E-state index in [0.29, 0.717) is 11.9 Å². The van der Waals surface area contributed by atoms with Crippen molar-refractivity contribution in [3.8, 4) is 5.88 Å². The van der Waals surface area contributed by atoms with E-state index in [0.717, 1.165) is 31.2 Å². The van der Waals surface area contributed by atoms with Gasteiger partial charge in [0.05, 0.1) is 0 Å². The SMILES string of the molecule is CCCCCCc1ccc(Nc2ncc(C(F)(F)F)c(OCC(F)(F)F)n2)cc1. The first-order valence-corrected chi connectivity index (χ1v) is 9.08. The summed E-state index contributed by atoms with van der Waals surface area (Å²) in [7, 11) is 0. The van der Waals surface area contributed by atoms with Gasteiger partial charge >= 0.3 is 12.4 Å². The van der Waals surface area contributed by atoms with Gasteiger partial charge in [-0.1, -0.05) is 38.3 Å². The second-order valence-corrected chi connectivity index (χ2v) is 6.45. The Morgan fingerprint density at radius 2 is 1.66 bits per heavy atom. The molecule has 1 N–H and O–H groups in total. The number of aryl methyl sites for hydroxylation is 1. The minimum absolute atomic E-state index is 0.300. The molecule has 0 aliphatic rings. The zero-order valence-electron chi connectivity index (χ0n) is 15.7. The minimum Gasteiger partial charge on any atom is -0.467 e. The lowest BCUT2D eigenvalue weighted by molar-refractivity contribution is -0.159. The first kappa shape index (κ1) is 22.8. The Balaban J connectivity index is 2.10. The summed E-state index contributed by atoms with van der Waals surface area (Å²) in [6.07, 6.45) is -3.93. The zero-order chi connectivity index (χ0) is 21.5. The molecule has 1 aromatic heterocycles. The van der Waals surface area contributed by atoms with Crippen molar-refractivity contribution in [2.24, 2.45) is 0 Å². The molecule has 0 bridgehead atoms. The Hall–Kier alpha value is -2.52. The average Bonchev–Trinajstić information content (AvgIpc) is 2.63. The van der Waals surface area contributed by atoms with Crippen molar-refractivity contribution in [2.45, 2.75) is 51.4 Å². The third kappa shape index (κ3) is 7.78. The highest BCUT2D eigenvalue weighted by molar-refractivity contribution is 5.54. The van der Waals surface area contributed by atoms with Crippen LogP contribution in [0, 0.1) is 0 Å². The summed E-state index contributed by atoms with van der Waals surface area (Å²) >= 11 is 0. The van der Waals surface area contributed by atoms with Crippen molar-refractivity contribution in [2.75, 3.05) is 11.9 Å². The maximum atomic E-state index is 13.0. The number of aromatic nitrogens is 2. The molecule has 0 atom stereocenters. The summed E-state index contributed by atoms with van der Waals surface area (Å²) < 4.78 is 80.1. The topological polar surface area (TPSA) is 47.0 Å². The van der Waals surface area contributed by atoms with E-state index in [1.54, 1.807) is 12.1 Å². The van der Waals surface area contributed by atoms with Gasteiger partial charge in [-0.25, -0.2) is 4.98 Å². The van der Waals surface area contributed by atoms with Crippen molar-refractivity contribution in [3.05, 3.63) is 41.6 Å². The Kier molecular flexibility index (Phi) is 7.69. The second kappa shape index (κ2) is 9.80. The molecular weight excluding hydrogens is 400 g/mol. The fourth-order valence-corrected chi connectivity index (χ4v) is 2.52. The fourth-order valence-electron chi connectivity index (χ4n) is 2.52. The lowest BCUT2D eigenvalue weighted by Gasteiger charge is -2.15. The van der Waals surface area contributed by atoms with E-state index in [1.807, 2.05) is 12.1 Å². The average molecular weight is 421 g/mol. The maximum absolute atomic E-state index is 13.0. The molecule has 29 heavy (non-hydrogen) atoms. The van der Waals surface area contributed by atoms with Crippen LogP contribution in [0.15, 0.2) is 30.5 Å². The number of alkyl halides is 6. The highest BCUT2D eigenvalue weighted by atomic mass is 19.4. The van der Waals surface area contributed by atoms with Crippen LogP contribution in [0.5, 0.6) is 5.88 Å². The standard InChI is InChI=1S/C19H21F6N3O/c1-2-3-4-5-6-13-7-9-14(10-8-13)27-17-26-11-15(19(23,24)25)16(28-17)29-12-18(20,21)22/h7-11H,2-6,12H2,1H3,(H,26,27,28). The van der Waals surface area contributed by atoms with Gasteiger partial charge < -0.3 is 10.1 Å². The lowest BCUT2D eigenvalue weighted by atomic mass is 10.1. The van der Waals surface area contributed by atoms with E-state index in [1.165, 1.54) is 6.42 Å². The smallest absolute Gasteiger partial charge is 0.423 e. The van der Waals surface area contributed by atoms with E-state index in [-0.39, 0.29) is 5.95 Å². The van der Waals surface area contributed by atoms with Crippen LogP contribution in [-0.4, -0.2) is 22.8 Å². The molecule has 0 spiro atoms. The van der Waals surface area contributed by atoms with E-state index < -0.39 is 30.4 Å². The summed E-state index contributed by atoms with van der Waals surface area (Å²) in [4.78, 5) is 7.00. The third-order valence-electron chi connectivity index (χ3n) is 3.96. The minimum atomic E-state index is -4.95. The number of nitrogens with zero attached hydrogens (tertiary/aromatic N) is 2. The molecule has 4 nitrogen and oxygen atoms in total. The number of hydrogen-bond donors (Lipinski definition) is 1. The quantitative estimate of drug-likeness (QED) is 0.381. The largest absolute Gasteiger partial charge is 0.467 e. The summed E-state index contributed by atoms with van der Waals surface area (Å²) in [5.74, 6) is -1.48. The van der Waals surface area contributed by atoms with Gasteiger partial charge in [-0.2, -0.15) is 31.3 Å². The van der Waals surface area contributed by atoms with Crippen LogP contribution in [0.2, 0.25) is 0 Å². The predicted octanol–water partition coefficient (Wildman–Crippen LogP) is 6.30. The molecule has 2 aromatic rings. The summed E-state index contributed by atoms with van der Waals surface area (Å²) in [6.45, 7) is 0.239. The highest BCUT2D eigenvalue weighted by Gasteiger charge is 2.38. The maximum Gasteiger partial charge on any atom is 0.423 e. The molecule has 0 radical (unpaired) electrons. The van der Waals surface area contributed by atoms with E-state index in [4.69, 9.17) is 0 Å². The van der Waals surface area contributed by atoms with Gasteiger partial charge in [0.25, 0.3) is 0 Å². The fraction of sp³-hybridized carbons (Fsp3) is 0.474. The van der Waals surface area contributed by atoms with Crippen LogP contribution in [0.4, 0.5) is 38.0 Å². The van der Waals surface area contributed by atoms with Crippen LogP contribution >= 0.6 is 0 Å². The van der Waals surface area contributed by atoms with Gasteiger partial charge in [0, 0.05) is 11.9 Å². The van der Waals surface area contributed by atoms with Crippen LogP contribution in [0.1, 0.15) is 43.7 Å². The highest BCUT2D eigenvalue weighted by Crippen LogP contribution is 2.36. The molecule has 2 rings (SSSR count). The van der Waals surface area contributed by atoms with Crippen LogP contribution in [0.25, 0.3) is 0 Å². The monoisotopic (exact) mass is 421 g/mol. The first-order chi connectivity index (χ1) is 13.6. The normalized spacial score (nSPS) is 12.1. The number of hydrogen-bond acceptors (Lipinski definition) is 4. The summed E-state index contributed by atoms with van der Waals surface area (Å²) in [5.41, 5.74) is 0.118. The molecule has 1 heterocycles. The number of benzene rings is 1. The van der Waals surface area contributed by atoms with Crippen molar-refractivity contribution >= 4 is 11.6 Å². The van der Waals surface area contributed by atoms with E-state index >= 15 is 0 Å². The molecule has 1 aromatic carbocycles. The Bertz CT molecular complexity index is 775. The Morgan fingerprint density at radius 1 is 0.966 bits per heavy atom. The number of rotatable bonds is 9. The molecule has 0 aliphatic heterocycles. The molecule has 0 saturated carbocycles. The van der Waals surface area contributed by atoms with Gasteiger partial charge in [0.1, 0.15) is 5.56 Å². The van der Waals surface area contributed by atoms with Gasteiger partial charge in [0.15, 0.2) is 6.61 Å².